The lowest BCUT2D eigenvalue weighted by Crippen LogP contribution is -2.21. The molecule has 0 saturated heterocycles. The number of phenolic OH excluding ortho intramolecular Hbond substituents is 1. The molecule has 2 aromatic carbocycles. The van der Waals surface area contributed by atoms with E-state index in [2.05, 4.69) is 23.2 Å². The summed E-state index contributed by atoms with van der Waals surface area (Å²) in [5, 5.41) is 24.4. The van der Waals surface area contributed by atoms with Crippen molar-refractivity contribution in [1.29, 1.82) is 0 Å². The summed E-state index contributed by atoms with van der Waals surface area (Å²) in [6, 6.07) is 15.4. The maximum Gasteiger partial charge on any atom is 0.213 e. The van der Waals surface area contributed by atoms with Crippen molar-refractivity contribution in [2.24, 2.45) is 5.10 Å². The molecule has 0 saturated carbocycles. The molecule has 6 heteroatoms. The number of benzene rings is 2. The Bertz CT molecular complexity index is 948. The van der Waals surface area contributed by atoms with E-state index in [0.717, 1.165) is 27.6 Å². The normalized spacial score (nSPS) is 16.6. The largest absolute Gasteiger partial charge is 0.507 e. The maximum absolute atomic E-state index is 10.2. The van der Waals surface area contributed by atoms with Crippen LogP contribution < -0.4 is 0 Å². The molecule has 1 aromatic heterocycles. The fourth-order valence-electron chi connectivity index (χ4n) is 2.76. The molecule has 1 atom stereocenters. The number of aromatic hydroxyl groups is 1. The Hall–Kier alpha value is -2.60. The van der Waals surface area contributed by atoms with Crippen molar-refractivity contribution >= 4 is 17.5 Å². The molecule has 0 radical (unpaired) electrons. The molecule has 3 aromatic rings. The molecule has 0 bridgehead atoms. The predicted molar refractivity (Wildman–Crippen MR) is 95.6 cm³/mol. The number of para-hydroxylation sites is 1. The summed E-state index contributed by atoms with van der Waals surface area (Å²) in [6.45, 7) is 4.10. The zero-order valence-electron chi connectivity index (χ0n) is 13.3. The van der Waals surface area contributed by atoms with Gasteiger partial charge in [-0.1, -0.05) is 47.7 Å². The first-order chi connectivity index (χ1) is 11.6. The Morgan fingerprint density at radius 3 is 2.71 bits per heavy atom. The molecule has 0 unspecified atom stereocenters. The van der Waals surface area contributed by atoms with Crippen molar-refractivity contribution in [1.82, 2.24) is 14.9 Å². The van der Waals surface area contributed by atoms with Crippen molar-refractivity contribution in [3.8, 4) is 17.1 Å². The second-order valence-electron chi connectivity index (χ2n) is 5.75. The molecule has 2 heterocycles. The number of aromatic nitrogens is 3. The summed E-state index contributed by atoms with van der Waals surface area (Å²) < 4.78 is 1.77. The topological polar surface area (TPSA) is 63.3 Å². The van der Waals surface area contributed by atoms with Gasteiger partial charge in [-0.05, 0) is 32.0 Å². The highest BCUT2D eigenvalue weighted by Gasteiger charge is 2.27. The van der Waals surface area contributed by atoms with Gasteiger partial charge in [-0.3, -0.25) is 0 Å². The third-order valence-corrected chi connectivity index (χ3v) is 4.99. The molecule has 0 spiro atoms. The van der Waals surface area contributed by atoms with Crippen LogP contribution in [0.4, 0.5) is 0 Å². The van der Waals surface area contributed by atoms with Crippen molar-refractivity contribution < 1.29 is 5.11 Å². The summed E-state index contributed by atoms with van der Waals surface area (Å²) in [5.74, 6) is 0.943. The minimum absolute atomic E-state index is 0.0837. The first kappa shape index (κ1) is 15.0. The quantitative estimate of drug-likeness (QED) is 0.775. The van der Waals surface area contributed by atoms with Crippen LogP contribution in [-0.4, -0.2) is 30.9 Å². The number of rotatable bonds is 2. The van der Waals surface area contributed by atoms with E-state index < -0.39 is 0 Å². The van der Waals surface area contributed by atoms with Crippen molar-refractivity contribution in [3.05, 3.63) is 59.7 Å². The van der Waals surface area contributed by atoms with Crippen LogP contribution in [0.2, 0.25) is 0 Å². The summed E-state index contributed by atoms with van der Waals surface area (Å²) in [4.78, 5) is 0. The zero-order valence-corrected chi connectivity index (χ0v) is 14.2. The van der Waals surface area contributed by atoms with Gasteiger partial charge in [0.2, 0.25) is 5.16 Å². The van der Waals surface area contributed by atoms with Gasteiger partial charge in [0.05, 0.1) is 11.0 Å². The standard InChI is InChI=1S/C18H16N4OS/c1-11-6-5-7-13(10-11)17-19-20-18-22(17)21-16(12(2)24-18)14-8-3-4-9-15(14)23/h3-10,12,23H,1-2H3/t12-/m0/s1. The van der Waals surface area contributed by atoms with E-state index in [4.69, 9.17) is 5.10 Å². The lowest BCUT2D eigenvalue weighted by molar-refractivity contribution is 0.474. The molecular weight excluding hydrogens is 320 g/mol. The highest BCUT2D eigenvalue weighted by molar-refractivity contribution is 8.00. The van der Waals surface area contributed by atoms with Gasteiger partial charge in [0.25, 0.3) is 0 Å². The van der Waals surface area contributed by atoms with E-state index in [1.807, 2.05) is 43.3 Å². The first-order valence-electron chi connectivity index (χ1n) is 7.70. The molecule has 120 valence electrons. The SMILES string of the molecule is Cc1cccc(-c2nnc3n2N=C(c2ccccc2O)[C@H](C)S3)c1. The highest BCUT2D eigenvalue weighted by atomic mass is 32.2. The molecule has 0 aliphatic carbocycles. The summed E-state index contributed by atoms with van der Waals surface area (Å²) in [5.41, 5.74) is 3.70. The summed E-state index contributed by atoms with van der Waals surface area (Å²) in [7, 11) is 0. The van der Waals surface area contributed by atoms with Gasteiger partial charge in [0.15, 0.2) is 5.82 Å². The highest BCUT2D eigenvalue weighted by Crippen LogP contribution is 2.34. The number of phenols is 1. The van der Waals surface area contributed by atoms with E-state index >= 15 is 0 Å². The molecular formula is C18H16N4OS. The Morgan fingerprint density at radius 1 is 1.08 bits per heavy atom. The number of hydrogen-bond donors (Lipinski definition) is 1. The minimum atomic E-state index is 0.0837. The number of thioether (sulfide) groups is 1. The van der Waals surface area contributed by atoms with Crippen LogP contribution in [0.25, 0.3) is 11.4 Å². The van der Waals surface area contributed by atoms with Crippen molar-refractivity contribution in [3.63, 3.8) is 0 Å². The third-order valence-electron chi connectivity index (χ3n) is 3.94. The van der Waals surface area contributed by atoms with E-state index in [1.165, 1.54) is 0 Å². The van der Waals surface area contributed by atoms with E-state index in [-0.39, 0.29) is 11.0 Å². The average molecular weight is 336 g/mol. The molecule has 4 rings (SSSR count). The lowest BCUT2D eigenvalue weighted by Gasteiger charge is -2.20. The van der Waals surface area contributed by atoms with Crippen LogP contribution in [0.15, 0.2) is 58.8 Å². The van der Waals surface area contributed by atoms with Crippen LogP contribution in [-0.2, 0) is 0 Å². The van der Waals surface area contributed by atoms with Crippen LogP contribution in [0.1, 0.15) is 18.1 Å². The minimum Gasteiger partial charge on any atom is -0.507 e. The molecule has 1 N–H and O–H groups in total. The molecule has 1 aliphatic heterocycles. The Morgan fingerprint density at radius 2 is 1.92 bits per heavy atom. The average Bonchev–Trinajstić information content (AvgIpc) is 2.97. The second-order valence-corrected chi connectivity index (χ2v) is 7.06. The molecule has 5 nitrogen and oxygen atoms in total. The van der Waals surface area contributed by atoms with Gasteiger partial charge < -0.3 is 5.11 Å². The number of nitrogens with zero attached hydrogens (tertiary/aromatic N) is 4. The Labute approximate surface area is 144 Å². The smallest absolute Gasteiger partial charge is 0.213 e. The number of aryl methyl sites for hydroxylation is 1. The van der Waals surface area contributed by atoms with Crippen LogP contribution in [0.3, 0.4) is 0 Å². The van der Waals surface area contributed by atoms with E-state index in [1.54, 1.807) is 22.5 Å². The molecule has 24 heavy (non-hydrogen) atoms. The second kappa shape index (κ2) is 5.79. The van der Waals surface area contributed by atoms with Gasteiger partial charge in [0.1, 0.15) is 5.75 Å². The van der Waals surface area contributed by atoms with Gasteiger partial charge in [0, 0.05) is 11.1 Å². The first-order valence-corrected chi connectivity index (χ1v) is 8.58. The van der Waals surface area contributed by atoms with Gasteiger partial charge in [-0.15, -0.1) is 10.2 Å². The van der Waals surface area contributed by atoms with Gasteiger partial charge in [-0.25, -0.2) is 0 Å². The predicted octanol–water partition coefficient (Wildman–Crippen LogP) is 3.71. The third kappa shape index (κ3) is 2.49. The summed E-state index contributed by atoms with van der Waals surface area (Å²) >= 11 is 1.59. The Kier molecular flexibility index (Phi) is 3.61. The van der Waals surface area contributed by atoms with Gasteiger partial charge in [-0.2, -0.15) is 9.78 Å². The lowest BCUT2D eigenvalue weighted by atomic mass is 10.1. The summed E-state index contributed by atoms with van der Waals surface area (Å²) in [6.07, 6.45) is 0. The fraction of sp³-hybridized carbons (Fsp3) is 0.167. The monoisotopic (exact) mass is 336 g/mol. The number of hydrogen-bond acceptors (Lipinski definition) is 5. The van der Waals surface area contributed by atoms with Crippen molar-refractivity contribution in [2.45, 2.75) is 24.3 Å². The number of fused-ring (bicyclic) bond motifs is 1. The van der Waals surface area contributed by atoms with E-state index in [0.29, 0.717) is 5.82 Å². The van der Waals surface area contributed by atoms with Crippen LogP contribution >= 0.6 is 11.8 Å². The molecule has 0 amide bonds. The maximum atomic E-state index is 10.2. The van der Waals surface area contributed by atoms with Crippen LogP contribution in [0.5, 0.6) is 5.75 Å². The van der Waals surface area contributed by atoms with Crippen molar-refractivity contribution in [2.75, 3.05) is 0 Å². The van der Waals surface area contributed by atoms with Gasteiger partial charge >= 0.3 is 0 Å². The Balaban J connectivity index is 1.87. The molecule has 1 aliphatic rings. The zero-order chi connectivity index (χ0) is 16.7. The fourth-order valence-corrected chi connectivity index (χ4v) is 3.68. The molecule has 0 fully saturated rings. The van der Waals surface area contributed by atoms with E-state index in [9.17, 15) is 5.11 Å². The van der Waals surface area contributed by atoms with Crippen LogP contribution in [0, 0.1) is 6.92 Å².